The molecule has 0 heterocycles. The summed E-state index contributed by atoms with van der Waals surface area (Å²) in [6, 6.07) is 7.84. The fourth-order valence-corrected chi connectivity index (χ4v) is 1.99. The van der Waals surface area contributed by atoms with E-state index in [0.29, 0.717) is 0 Å². The van der Waals surface area contributed by atoms with Gasteiger partial charge in [-0.3, -0.25) is 4.79 Å². The largest absolute Gasteiger partial charge is 0.396 e. The zero-order valence-electron chi connectivity index (χ0n) is 11.3. The maximum Gasteiger partial charge on any atom is 0.227 e. The average Bonchev–Trinajstić information content (AvgIpc) is 2.38. The summed E-state index contributed by atoms with van der Waals surface area (Å²) < 4.78 is 0. The van der Waals surface area contributed by atoms with Crippen LogP contribution in [0.5, 0.6) is 0 Å². The van der Waals surface area contributed by atoms with E-state index in [1.807, 2.05) is 38.1 Å². The number of carbonyl (C=O) groups is 1. The van der Waals surface area contributed by atoms with Crippen molar-refractivity contribution in [3.05, 3.63) is 29.8 Å². The van der Waals surface area contributed by atoms with Crippen LogP contribution in [0.15, 0.2) is 24.3 Å². The zero-order valence-corrected chi connectivity index (χ0v) is 11.3. The molecule has 1 aromatic carbocycles. The number of hydrogen-bond donors (Lipinski definition) is 2. The van der Waals surface area contributed by atoms with Crippen molar-refractivity contribution in [1.29, 1.82) is 0 Å². The maximum atomic E-state index is 11.9. The van der Waals surface area contributed by atoms with Crippen molar-refractivity contribution in [2.75, 3.05) is 11.9 Å². The van der Waals surface area contributed by atoms with Crippen LogP contribution < -0.4 is 5.32 Å². The van der Waals surface area contributed by atoms with Gasteiger partial charge in [-0.1, -0.05) is 26.0 Å². The van der Waals surface area contributed by atoms with Gasteiger partial charge < -0.3 is 10.4 Å². The first kappa shape index (κ1) is 14.7. The molecule has 2 N–H and O–H groups in total. The number of rotatable bonds is 7. The second kappa shape index (κ2) is 7.88. The molecule has 0 aliphatic heterocycles. The number of carbonyl (C=O) groups excluding carboxylic acids is 1. The molecule has 0 saturated heterocycles. The summed E-state index contributed by atoms with van der Waals surface area (Å²) in [6.45, 7) is 4.27. The molecule has 0 aliphatic carbocycles. The van der Waals surface area contributed by atoms with Crippen LogP contribution in [0.2, 0.25) is 0 Å². The van der Waals surface area contributed by atoms with E-state index in [9.17, 15) is 4.79 Å². The predicted octanol–water partition coefficient (Wildman–Crippen LogP) is 2.99. The van der Waals surface area contributed by atoms with E-state index in [1.165, 1.54) is 0 Å². The minimum atomic E-state index is 0.0890. The van der Waals surface area contributed by atoms with Crippen molar-refractivity contribution < 1.29 is 9.90 Å². The normalized spacial score (nSPS) is 10.7. The van der Waals surface area contributed by atoms with Gasteiger partial charge in [0.15, 0.2) is 0 Å². The highest BCUT2D eigenvalue weighted by Crippen LogP contribution is 2.15. The molecule has 0 bridgehead atoms. The Labute approximate surface area is 109 Å². The molecular weight excluding hydrogens is 226 g/mol. The van der Waals surface area contributed by atoms with E-state index < -0.39 is 0 Å². The van der Waals surface area contributed by atoms with Crippen molar-refractivity contribution in [1.82, 2.24) is 0 Å². The third-order valence-electron chi connectivity index (χ3n) is 3.17. The Morgan fingerprint density at radius 3 is 2.67 bits per heavy atom. The summed E-state index contributed by atoms with van der Waals surface area (Å²) in [5.74, 6) is 0.186. The Morgan fingerprint density at radius 1 is 1.33 bits per heavy atom. The third kappa shape index (κ3) is 4.49. The number of benzene rings is 1. The minimum absolute atomic E-state index is 0.0890. The van der Waals surface area contributed by atoms with Crippen molar-refractivity contribution in [3.63, 3.8) is 0 Å². The lowest BCUT2D eigenvalue weighted by atomic mass is 10.0. The van der Waals surface area contributed by atoms with Gasteiger partial charge in [0, 0.05) is 18.2 Å². The number of amides is 1. The fourth-order valence-electron chi connectivity index (χ4n) is 1.99. The molecule has 0 aromatic heterocycles. The highest BCUT2D eigenvalue weighted by molar-refractivity contribution is 5.92. The van der Waals surface area contributed by atoms with E-state index in [0.717, 1.165) is 36.9 Å². The maximum absolute atomic E-state index is 11.9. The first-order valence-corrected chi connectivity index (χ1v) is 6.71. The van der Waals surface area contributed by atoms with E-state index >= 15 is 0 Å². The summed E-state index contributed by atoms with van der Waals surface area (Å²) >= 11 is 0. The Kier molecular flexibility index (Phi) is 6.44. The van der Waals surface area contributed by atoms with E-state index in [-0.39, 0.29) is 18.4 Å². The average molecular weight is 249 g/mol. The van der Waals surface area contributed by atoms with Gasteiger partial charge in [-0.2, -0.15) is 0 Å². The molecule has 1 rings (SSSR count). The number of aryl methyl sites for hydroxylation is 1. The van der Waals surface area contributed by atoms with Gasteiger partial charge in [-0.25, -0.2) is 0 Å². The number of nitrogens with one attached hydrogen (secondary N) is 1. The monoisotopic (exact) mass is 249 g/mol. The molecule has 3 nitrogen and oxygen atoms in total. The lowest BCUT2D eigenvalue weighted by Crippen LogP contribution is -2.21. The van der Waals surface area contributed by atoms with Gasteiger partial charge >= 0.3 is 0 Å². The van der Waals surface area contributed by atoms with Gasteiger partial charge in [0.05, 0.1) is 0 Å². The molecule has 0 radical (unpaired) electrons. The van der Waals surface area contributed by atoms with Crippen molar-refractivity contribution in [3.8, 4) is 0 Å². The summed E-state index contributed by atoms with van der Waals surface area (Å²) in [5, 5.41) is 11.8. The summed E-state index contributed by atoms with van der Waals surface area (Å²) in [4.78, 5) is 11.9. The first-order valence-electron chi connectivity index (χ1n) is 6.71. The van der Waals surface area contributed by atoms with Crippen LogP contribution in [0.25, 0.3) is 0 Å². The van der Waals surface area contributed by atoms with Crippen LogP contribution >= 0.6 is 0 Å². The molecule has 0 unspecified atom stereocenters. The SMILES string of the molecule is CCC(CC)C(=O)Nc1cccc(CCCO)c1. The molecule has 100 valence electrons. The Morgan fingerprint density at radius 2 is 2.06 bits per heavy atom. The Bertz CT molecular complexity index is 373. The van der Waals surface area contributed by atoms with E-state index in [4.69, 9.17) is 5.11 Å². The number of aliphatic hydroxyl groups is 1. The molecule has 0 spiro atoms. The Balaban J connectivity index is 2.63. The van der Waals surface area contributed by atoms with Crippen LogP contribution in [0, 0.1) is 5.92 Å². The highest BCUT2D eigenvalue weighted by atomic mass is 16.2. The standard InChI is InChI=1S/C15H23NO2/c1-3-13(4-2)15(18)16-14-9-5-7-12(11-14)8-6-10-17/h5,7,9,11,13,17H,3-4,6,8,10H2,1-2H3,(H,16,18). The highest BCUT2D eigenvalue weighted by Gasteiger charge is 2.13. The fraction of sp³-hybridized carbons (Fsp3) is 0.533. The lowest BCUT2D eigenvalue weighted by molar-refractivity contribution is -0.120. The van der Waals surface area contributed by atoms with Crippen LogP contribution in [0.1, 0.15) is 38.7 Å². The minimum Gasteiger partial charge on any atom is -0.396 e. The summed E-state index contributed by atoms with van der Waals surface area (Å²) in [7, 11) is 0. The molecule has 0 fully saturated rings. The van der Waals surface area contributed by atoms with Gasteiger partial charge in [0.25, 0.3) is 0 Å². The smallest absolute Gasteiger partial charge is 0.227 e. The van der Waals surface area contributed by atoms with Gasteiger partial charge in [-0.15, -0.1) is 0 Å². The Hall–Kier alpha value is -1.35. The predicted molar refractivity (Wildman–Crippen MR) is 74.6 cm³/mol. The number of anilines is 1. The van der Waals surface area contributed by atoms with Crippen LogP contribution in [-0.2, 0) is 11.2 Å². The first-order chi connectivity index (χ1) is 8.71. The van der Waals surface area contributed by atoms with Gasteiger partial charge in [-0.05, 0) is 43.4 Å². The van der Waals surface area contributed by atoms with Crippen LogP contribution in [-0.4, -0.2) is 17.6 Å². The van der Waals surface area contributed by atoms with E-state index in [2.05, 4.69) is 5.32 Å². The van der Waals surface area contributed by atoms with Crippen molar-refractivity contribution >= 4 is 11.6 Å². The molecule has 0 aliphatic rings. The second-order valence-electron chi connectivity index (χ2n) is 4.53. The topological polar surface area (TPSA) is 49.3 Å². The number of aliphatic hydroxyl groups excluding tert-OH is 1. The molecule has 18 heavy (non-hydrogen) atoms. The van der Waals surface area contributed by atoms with Crippen LogP contribution in [0.4, 0.5) is 5.69 Å². The third-order valence-corrected chi connectivity index (χ3v) is 3.17. The second-order valence-corrected chi connectivity index (χ2v) is 4.53. The number of hydrogen-bond acceptors (Lipinski definition) is 2. The molecular formula is C15H23NO2. The van der Waals surface area contributed by atoms with Crippen molar-refractivity contribution in [2.24, 2.45) is 5.92 Å². The molecule has 1 amide bonds. The lowest BCUT2D eigenvalue weighted by Gasteiger charge is -2.13. The summed E-state index contributed by atoms with van der Waals surface area (Å²) in [6.07, 6.45) is 3.33. The van der Waals surface area contributed by atoms with Gasteiger partial charge in [0.1, 0.15) is 0 Å². The van der Waals surface area contributed by atoms with Gasteiger partial charge in [0.2, 0.25) is 5.91 Å². The van der Waals surface area contributed by atoms with E-state index in [1.54, 1.807) is 0 Å². The summed E-state index contributed by atoms with van der Waals surface area (Å²) in [5.41, 5.74) is 1.99. The molecule has 0 atom stereocenters. The molecule has 1 aromatic rings. The molecule has 3 heteroatoms. The zero-order chi connectivity index (χ0) is 13.4. The van der Waals surface area contributed by atoms with Crippen molar-refractivity contribution in [2.45, 2.75) is 39.5 Å². The quantitative estimate of drug-likeness (QED) is 0.780. The molecule has 0 saturated carbocycles. The van der Waals surface area contributed by atoms with Crippen LogP contribution in [0.3, 0.4) is 0 Å².